The second kappa shape index (κ2) is 7.69. The van der Waals surface area contributed by atoms with E-state index in [-0.39, 0.29) is 0 Å². The number of hydrogen-bond acceptors (Lipinski definition) is 3. The first-order valence-corrected chi connectivity index (χ1v) is 8.39. The highest BCUT2D eigenvalue weighted by Gasteiger charge is 2.09. The van der Waals surface area contributed by atoms with E-state index < -0.39 is 0 Å². The van der Waals surface area contributed by atoms with Gasteiger partial charge in [0.2, 0.25) is 0 Å². The Kier molecular flexibility index (Phi) is 5.38. The Morgan fingerprint density at radius 2 is 2.00 bits per heavy atom. The summed E-state index contributed by atoms with van der Waals surface area (Å²) in [5.41, 5.74) is 3.16. The summed E-state index contributed by atoms with van der Waals surface area (Å²) in [6, 6.07) is 13.9. The number of rotatable bonds is 7. The van der Waals surface area contributed by atoms with E-state index in [4.69, 9.17) is 21.1 Å². The van der Waals surface area contributed by atoms with Gasteiger partial charge in [0.05, 0.1) is 17.6 Å². The molecule has 0 saturated carbocycles. The molecule has 0 aliphatic heterocycles. The number of halogens is 1. The molecule has 0 aliphatic carbocycles. The summed E-state index contributed by atoms with van der Waals surface area (Å²) in [6.07, 6.45) is 0.888. The van der Waals surface area contributed by atoms with Crippen molar-refractivity contribution in [3.63, 3.8) is 0 Å². The highest BCUT2D eigenvalue weighted by atomic mass is 35.5. The molecule has 1 aromatic heterocycles. The fraction of sp³-hybridized carbons (Fsp3) is 0.316. The van der Waals surface area contributed by atoms with Gasteiger partial charge in [0.25, 0.3) is 0 Å². The Morgan fingerprint density at radius 3 is 2.79 bits per heavy atom. The lowest BCUT2D eigenvalue weighted by atomic mass is 10.2. The molecule has 2 aromatic carbocycles. The van der Waals surface area contributed by atoms with Crippen LogP contribution >= 0.6 is 11.6 Å². The van der Waals surface area contributed by atoms with E-state index in [1.165, 1.54) is 0 Å². The lowest BCUT2D eigenvalue weighted by Crippen LogP contribution is -2.08. The minimum atomic E-state index is 0.506. The van der Waals surface area contributed by atoms with Crippen molar-refractivity contribution < 1.29 is 9.47 Å². The van der Waals surface area contributed by atoms with Gasteiger partial charge in [-0.3, -0.25) is 0 Å². The van der Waals surface area contributed by atoms with Crippen molar-refractivity contribution in [2.45, 2.75) is 26.5 Å². The number of imidazole rings is 1. The van der Waals surface area contributed by atoms with Crippen LogP contribution in [-0.4, -0.2) is 23.3 Å². The Balaban J connectivity index is 1.64. The molecule has 0 unspecified atom stereocenters. The standard InChI is InChI=1S/C19H21ClN2O2/c1-14-12-15(8-9-16(14)20)24-11-5-10-22-18-7-4-3-6-17(18)21-19(22)13-23-2/h3-4,6-9,12H,5,10-11,13H2,1-2H3. The fourth-order valence-electron chi connectivity index (χ4n) is 2.73. The van der Waals surface area contributed by atoms with Crippen LogP contribution in [0.2, 0.25) is 5.02 Å². The van der Waals surface area contributed by atoms with Crippen LogP contribution in [-0.2, 0) is 17.9 Å². The molecule has 0 radical (unpaired) electrons. The van der Waals surface area contributed by atoms with Gasteiger partial charge in [-0.25, -0.2) is 4.98 Å². The van der Waals surface area contributed by atoms with E-state index >= 15 is 0 Å². The summed E-state index contributed by atoms with van der Waals surface area (Å²) in [6.45, 7) is 3.96. The zero-order valence-electron chi connectivity index (χ0n) is 14.0. The molecular weight excluding hydrogens is 324 g/mol. The predicted molar refractivity (Wildman–Crippen MR) is 96.7 cm³/mol. The van der Waals surface area contributed by atoms with Crippen molar-refractivity contribution in [2.24, 2.45) is 0 Å². The first kappa shape index (κ1) is 16.8. The molecule has 0 amide bonds. The molecule has 0 saturated heterocycles. The second-order valence-corrected chi connectivity index (χ2v) is 6.12. The average molecular weight is 345 g/mol. The molecule has 5 heteroatoms. The molecule has 3 rings (SSSR count). The quantitative estimate of drug-likeness (QED) is 0.587. The van der Waals surface area contributed by atoms with E-state index in [1.54, 1.807) is 7.11 Å². The fourth-order valence-corrected chi connectivity index (χ4v) is 2.85. The number of ether oxygens (including phenoxy) is 2. The van der Waals surface area contributed by atoms with Crippen molar-refractivity contribution in [1.29, 1.82) is 0 Å². The molecule has 1 heterocycles. The van der Waals surface area contributed by atoms with Crippen molar-refractivity contribution in [3.05, 3.63) is 58.9 Å². The molecule has 0 fully saturated rings. The molecular formula is C19H21ClN2O2. The summed E-state index contributed by atoms with van der Waals surface area (Å²) in [5, 5.41) is 0.761. The lowest BCUT2D eigenvalue weighted by Gasteiger charge is -2.10. The summed E-state index contributed by atoms with van der Waals surface area (Å²) in [7, 11) is 1.69. The molecule has 0 N–H and O–H groups in total. The van der Waals surface area contributed by atoms with Crippen LogP contribution < -0.4 is 4.74 Å². The molecule has 0 atom stereocenters. The minimum Gasteiger partial charge on any atom is -0.494 e. The van der Waals surface area contributed by atoms with Crippen molar-refractivity contribution in [3.8, 4) is 5.75 Å². The number of benzene rings is 2. The largest absolute Gasteiger partial charge is 0.494 e. The van der Waals surface area contributed by atoms with Gasteiger partial charge in [0.1, 0.15) is 18.2 Å². The third-order valence-corrected chi connectivity index (χ3v) is 4.36. The summed E-state index contributed by atoms with van der Waals surface area (Å²) in [5.74, 6) is 1.80. The Labute approximate surface area is 147 Å². The van der Waals surface area contributed by atoms with Crippen molar-refractivity contribution in [1.82, 2.24) is 9.55 Å². The van der Waals surface area contributed by atoms with E-state index in [9.17, 15) is 0 Å². The molecule has 3 aromatic rings. The average Bonchev–Trinajstić information content (AvgIpc) is 2.93. The number of fused-ring (bicyclic) bond motifs is 1. The van der Waals surface area contributed by atoms with E-state index in [1.807, 2.05) is 43.3 Å². The van der Waals surface area contributed by atoms with Crippen LogP contribution in [0.1, 0.15) is 17.8 Å². The topological polar surface area (TPSA) is 36.3 Å². The molecule has 4 nitrogen and oxygen atoms in total. The second-order valence-electron chi connectivity index (χ2n) is 5.71. The number of para-hydroxylation sites is 2. The smallest absolute Gasteiger partial charge is 0.135 e. The van der Waals surface area contributed by atoms with Gasteiger partial charge in [0, 0.05) is 18.7 Å². The Bertz CT molecular complexity index is 829. The number of nitrogens with zero attached hydrogens (tertiary/aromatic N) is 2. The van der Waals surface area contributed by atoms with Gasteiger partial charge in [-0.05, 0) is 49.2 Å². The van der Waals surface area contributed by atoms with Gasteiger partial charge in [-0.1, -0.05) is 23.7 Å². The summed E-state index contributed by atoms with van der Waals surface area (Å²) in [4.78, 5) is 4.64. The van der Waals surface area contributed by atoms with Crippen LogP contribution in [0.25, 0.3) is 11.0 Å². The summed E-state index contributed by atoms with van der Waals surface area (Å²) < 4.78 is 13.3. The van der Waals surface area contributed by atoms with Crippen molar-refractivity contribution >= 4 is 22.6 Å². The first-order chi connectivity index (χ1) is 11.7. The van der Waals surface area contributed by atoms with Crippen LogP contribution in [0, 0.1) is 6.92 Å². The van der Waals surface area contributed by atoms with Crippen LogP contribution in [0.15, 0.2) is 42.5 Å². The van der Waals surface area contributed by atoms with Gasteiger partial charge in [-0.2, -0.15) is 0 Å². The Hall–Kier alpha value is -2.04. The zero-order chi connectivity index (χ0) is 16.9. The van der Waals surface area contributed by atoms with E-state index in [0.717, 1.165) is 46.2 Å². The SMILES string of the molecule is COCc1nc2ccccc2n1CCCOc1ccc(Cl)c(C)c1. The van der Waals surface area contributed by atoms with E-state index in [0.29, 0.717) is 13.2 Å². The van der Waals surface area contributed by atoms with Crippen LogP contribution in [0.3, 0.4) is 0 Å². The van der Waals surface area contributed by atoms with Gasteiger partial charge in [-0.15, -0.1) is 0 Å². The number of aromatic nitrogens is 2. The third kappa shape index (κ3) is 3.71. The van der Waals surface area contributed by atoms with Crippen LogP contribution in [0.4, 0.5) is 0 Å². The highest BCUT2D eigenvalue weighted by molar-refractivity contribution is 6.31. The molecule has 0 bridgehead atoms. The Morgan fingerprint density at radius 1 is 1.17 bits per heavy atom. The predicted octanol–water partition coefficient (Wildman–Crippen LogP) is 4.61. The number of hydrogen-bond donors (Lipinski definition) is 0. The molecule has 0 spiro atoms. The van der Waals surface area contributed by atoms with Gasteiger partial charge < -0.3 is 14.0 Å². The first-order valence-electron chi connectivity index (χ1n) is 8.01. The summed E-state index contributed by atoms with van der Waals surface area (Å²) >= 11 is 6.03. The highest BCUT2D eigenvalue weighted by Crippen LogP contribution is 2.21. The van der Waals surface area contributed by atoms with Gasteiger partial charge >= 0.3 is 0 Å². The zero-order valence-corrected chi connectivity index (χ0v) is 14.7. The normalized spacial score (nSPS) is 11.1. The number of aryl methyl sites for hydroxylation is 2. The maximum atomic E-state index is 6.03. The van der Waals surface area contributed by atoms with Crippen molar-refractivity contribution in [2.75, 3.05) is 13.7 Å². The molecule has 24 heavy (non-hydrogen) atoms. The van der Waals surface area contributed by atoms with Gasteiger partial charge in [0.15, 0.2) is 0 Å². The lowest BCUT2D eigenvalue weighted by molar-refractivity contribution is 0.174. The third-order valence-electron chi connectivity index (χ3n) is 3.93. The van der Waals surface area contributed by atoms with E-state index in [2.05, 4.69) is 15.6 Å². The molecule has 126 valence electrons. The molecule has 0 aliphatic rings. The number of methoxy groups -OCH3 is 1. The maximum absolute atomic E-state index is 6.03. The monoisotopic (exact) mass is 344 g/mol. The maximum Gasteiger partial charge on any atom is 0.135 e. The minimum absolute atomic E-state index is 0.506. The van der Waals surface area contributed by atoms with Crippen LogP contribution in [0.5, 0.6) is 5.75 Å².